The molecule has 0 aliphatic carbocycles. The molecule has 0 amide bonds. The van der Waals surface area contributed by atoms with Gasteiger partial charge in [-0.15, -0.1) is 0 Å². The lowest BCUT2D eigenvalue weighted by molar-refractivity contribution is 0.541. The molecule has 0 fully saturated rings. The molecule has 0 spiro atoms. The number of hydrogen-bond acceptors (Lipinski definition) is 2. The summed E-state index contributed by atoms with van der Waals surface area (Å²) in [5.74, 6) is 0. The van der Waals surface area contributed by atoms with Gasteiger partial charge in [-0.1, -0.05) is 34.1 Å². The van der Waals surface area contributed by atoms with E-state index in [9.17, 15) is 0 Å². The number of imidazole rings is 1. The topological polar surface area (TPSA) is 29.3 Å². The SMILES string of the molecule is CC(Cc1ccc(Br)cc1)NCc1cn2ccccc2n1. The fraction of sp³-hybridized carbons (Fsp3) is 0.235. The molecule has 0 bridgehead atoms. The summed E-state index contributed by atoms with van der Waals surface area (Å²) in [4.78, 5) is 4.60. The van der Waals surface area contributed by atoms with Gasteiger partial charge in [-0.2, -0.15) is 0 Å². The summed E-state index contributed by atoms with van der Waals surface area (Å²) in [5, 5.41) is 3.54. The third-order valence-corrected chi connectivity index (χ3v) is 4.03. The van der Waals surface area contributed by atoms with Gasteiger partial charge in [-0.3, -0.25) is 0 Å². The van der Waals surface area contributed by atoms with E-state index in [1.807, 2.05) is 24.4 Å². The lowest BCUT2D eigenvalue weighted by atomic mass is 10.1. The lowest BCUT2D eigenvalue weighted by Crippen LogP contribution is -2.27. The van der Waals surface area contributed by atoms with Crippen molar-refractivity contribution in [3.05, 3.63) is 70.6 Å². The van der Waals surface area contributed by atoms with Crippen LogP contribution in [0.1, 0.15) is 18.2 Å². The highest BCUT2D eigenvalue weighted by Crippen LogP contribution is 2.12. The Balaban J connectivity index is 1.57. The quantitative estimate of drug-likeness (QED) is 0.763. The Kier molecular flexibility index (Phi) is 4.36. The Morgan fingerprint density at radius 1 is 1.19 bits per heavy atom. The number of rotatable bonds is 5. The fourth-order valence-electron chi connectivity index (χ4n) is 2.40. The lowest BCUT2D eigenvalue weighted by Gasteiger charge is -2.12. The zero-order valence-electron chi connectivity index (χ0n) is 12.0. The molecule has 21 heavy (non-hydrogen) atoms. The molecule has 1 N–H and O–H groups in total. The van der Waals surface area contributed by atoms with Crippen molar-refractivity contribution in [2.75, 3.05) is 0 Å². The van der Waals surface area contributed by atoms with E-state index in [0.29, 0.717) is 6.04 Å². The Bertz CT molecular complexity index is 685. The van der Waals surface area contributed by atoms with Crippen molar-refractivity contribution in [3.8, 4) is 0 Å². The minimum Gasteiger partial charge on any atom is -0.308 e. The predicted octanol–water partition coefficient (Wildman–Crippen LogP) is 3.82. The molecule has 1 atom stereocenters. The van der Waals surface area contributed by atoms with E-state index in [-0.39, 0.29) is 0 Å². The van der Waals surface area contributed by atoms with E-state index >= 15 is 0 Å². The summed E-state index contributed by atoms with van der Waals surface area (Å²) in [7, 11) is 0. The number of benzene rings is 1. The van der Waals surface area contributed by atoms with Gasteiger partial charge in [0, 0.05) is 29.5 Å². The summed E-state index contributed by atoms with van der Waals surface area (Å²) < 4.78 is 3.17. The van der Waals surface area contributed by atoms with Crippen LogP contribution in [0.25, 0.3) is 5.65 Å². The molecule has 108 valence electrons. The monoisotopic (exact) mass is 343 g/mol. The van der Waals surface area contributed by atoms with Crippen molar-refractivity contribution in [3.63, 3.8) is 0 Å². The highest BCUT2D eigenvalue weighted by Gasteiger charge is 2.05. The third kappa shape index (κ3) is 3.71. The number of hydrogen-bond donors (Lipinski definition) is 1. The molecule has 2 heterocycles. The van der Waals surface area contributed by atoms with E-state index in [4.69, 9.17) is 0 Å². The van der Waals surface area contributed by atoms with Crippen LogP contribution < -0.4 is 5.32 Å². The molecule has 0 aliphatic rings. The highest BCUT2D eigenvalue weighted by molar-refractivity contribution is 9.10. The van der Waals surface area contributed by atoms with Gasteiger partial charge in [0.15, 0.2) is 0 Å². The first-order valence-electron chi connectivity index (χ1n) is 7.11. The number of pyridine rings is 1. The minimum absolute atomic E-state index is 0.413. The molecule has 3 nitrogen and oxygen atoms in total. The van der Waals surface area contributed by atoms with Crippen LogP contribution in [0.4, 0.5) is 0 Å². The summed E-state index contributed by atoms with van der Waals surface area (Å²) >= 11 is 3.46. The first-order chi connectivity index (χ1) is 10.2. The van der Waals surface area contributed by atoms with E-state index in [0.717, 1.165) is 28.8 Å². The van der Waals surface area contributed by atoms with Gasteiger partial charge in [0.1, 0.15) is 5.65 Å². The maximum Gasteiger partial charge on any atom is 0.137 e. The van der Waals surface area contributed by atoms with Gasteiger partial charge in [-0.05, 0) is 43.2 Å². The molecule has 3 aromatic rings. The first kappa shape index (κ1) is 14.3. The van der Waals surface area contributed by atoms with Crippen molar-refractivity contribution in [2.45, 2.75) is 25.9 Å². The standard InChI is InChI=1S/C17H18BrN3/c1-13(10-14-5-7-15(18)8-6-14)19-11-16-12-21-9-3-2-4-17(21)20-16/h2-9,12-13,19H,10-11H2,1H3. The van der Waals surface area contributed by atoms with Gasteiger partial charge < -0.3 is 9.72 Å². The van der Waals surface area contributed by atoms with Gasteiger partial charge in [0.25, 0.3) is 0 Å². The van der Waals surface area contributed by atoms with Crippen LogP contribution in [-0.2, 0) is 13.0 Å². The van der Waals surface area contributed by atoms with Crippen molar-refractivity contribution in [1.29, 1.82) is 0 Å². The van der Waals surface area contributed by atoms with Crippen molar-refractivity contribution in [1.82, 2.24) is 14.7 Å². The number of fused-ring (bicyclic) bond motifs is 1. The van der Waals surface area contributed by atoms with Gasteiger partial charge in [0.05, 0.1) is 5.69 Å². The van der Waals surface area contributed by atoms with Crippen LogP contribution in [0.5, 0.6) is 0 Å². The largest absolute Gasteiger partial charge is 0.308 e. The Morgan fingerprint density at radius 2 is 2.00 bits per heavy atom. The molecular formula is C17H18BrN3. The normalized spacial score (nSPS) is 12.7. The molecule has 2 aromatic heterocycles. The van der Waals surface area contributed by atoms with Crippen LogP contribution in [0.3, 0.4) is 0 Å². The Labute approximate surface area is 133 Å². The van der Waals surface area contributed by atoms with E-state index in [1.165, 1.54) is 5.56 Å². The molecule has 0 saturated heterocycles. The summed E-state index contributed by atoms with van der Waals surface area (Å²) in [6.07, 6.45) is 5.12. The number of halogens is 1. The predicted molar refractivity (Wildman–Crippen MR) is 89.3 cm³/mol. The van der Waals surface area contributed by atoms with Gasteiger partial charge in [0.2, 0.25) is 0 Å². The van der Waals surface area contributed by atoms with Crippen molar-refractivity contribution >= 4 is 21.6 Å². The molecule has 3 rings (SSSR count). The Morgan fingerprint density at radius 3 is 2.76 bits per heavy atom. The smallest absolute Gasteiger partial charge is 0.137 e. The highest BCUT2D eigenvalue weighted by atomic mass is 79.9. The zero-order chi connectivity index (χ0) is 14.7. The molecule has 0 radical (unpaired) electrons. The number of nitrogens with one attached hydrogen (secondary N) is 1. The van der Waals surface area contributed by atoms with E-state index in [2.05, 4.69) is 68.0 Å². The summed E-state index contributed by atoms with van der Waals surface area (Å²) in [6.45, 7) is 3.00. The molecule has 1 aromatic carbocycles. The number of aromatic nitrogens is 2. The zero-order valence-corrected chi connectivity index (χ0v) is 13.5. The molecule has 0 saturated carbocycles. The fourth-order valence-corrected chi connectivity index (χ4v) is 2.66. The molecule has 1 unspecified atom stereocenters. The second kappa shape index (κ2) is 6.41. The van der Waals surface area contributed by atoms with Crippen molar-refractivity contribution in [2.24, 2.45) is 0 Å². The van der Waals surface area contributed by atoms with Gasteiger partial charge in [-0.25, -0.2) is 4.98 Å². The molecular weight excluding hydrogens is 326 g/mol. The Hall–Kier alpha value is -1.65. The van der Waals surface area contributed by atoms with Crippen LogP contribution in [0, 0.1) is 0 Å². The molecule has 0 aliphatic heterocycles. The second-order valence-electron chi connectivity index (χ2n) is 5.31. The summed E-state index contributed by atoms with van der Waals surface area (Å²) in [6, 6.07) is 15.0. The number of nitrogens with zero attached hydrogens (tertiary/aromatic N) is 2. The molecule has 4 heteroatoms. The van der Waals surface area contributed by atoms with Crippen molar-refractivity contribution < 1.29 is 0 Å². The maximum atomic E-state index is 4.60. The summed E-state index contributed by atoms with van der Waals surface area (Å²) in [5.41, 5.74) is 3.41. The van der Waals surface area contributed by atoms with E-state index in [1.54, 1.807) is 0 Å². The third-order valence-electron chi connectivity index (χ3n) is 3.50. The maximum absolute atomic E-state index is 4.60. The van der Waals surface area contributed by atoms with Crippen LogP contribution in [0.2, 0.25) is 0 Å². The average Bonchev–Trinajstić information content (AvgIpc) is 2.90. The van der Waals surface area contributed by atoms with Crippen LogP contribution >= 0.6 is 15.9 Å². The first-order valence-corrected chi connectivity index (χ1v) is 7.90. The van der Waals surface area contributed by atoms with E-state index < -0.39 is 0 Å². The second-order valence-corrected chi connectivity index (χ2v) is 6.23. The minimum atomic E-state index is 0.413. The van der Waals surface area contributed by atoms with Gasteiger partial charge >= 0.3 is 0 Å². The van der Waals surface area contributed by atoms with Crippen LogP contribution in [-0.4, -0.2) is 15.4 Å². The van der Waals surface area contributed by atoms with Crippen LogP contribution in [0.15, 0.2) is 59.3 Å². The average molecular weight is 344 g/mol.